The molecule has 108 valence electrons. The Bertz CT molecular complexity index is 334. The van der Waals surface area contributed by atoms with Crippen LogP contribution in [0.4, 0.5) is 0 Å². The van der Waals surface area contributed by atoms with E-state index >= 15 is 0 Å². The summed E-state index contributed by atoms with van der Waals surface area (Å²) in [5.41, 5.74) is 0. The molecule has 1 heterocycles. The maximum absolute atomic E-state index is 12.5. The molecule has 3 nitrogen and oxygen atoms in total. The fourth-order valence-electron chi connectivity index (χ4n) is 4.03. The average Bonchev–Trinajstić information content (AvgIpc) is 2.96. The summed E-state index contributed by atoms with van der Waals surface area (Å²) >= 11 is 0. The number of nitrogens with one attached hydrogen (secondary N) is 1. The van der Waals surface area contributed by atoms with Crippen LogP contribution in [0, 0.1) is 11.8 Å². The molecule has 1 amide bonds. The highest BCUT2D eigenvalue weighted by Gasteiger charge is 2.44. The number of amides is 1. The lowest BCUT2D eigenvalue weighted by Gasteiger charge is -2.35. The topological polar surface area (TPSA) is 32.3 Å². The highest BCUT2D eigenvalue weighted by Crippen LogP contribution is 2.39. The molecule has 2 saturated carbocycles. The fourth-order valence-corrected chi connectivity index (χ4v) is 4.03. The molecule has 3 rings (SSSR count). The summed E-state index contributed by atoms with van der Waals surface area (Å²) in [6.45, 7) is 4.28. The van der Waals surface area contributed by atoms with Crippen LogP contribution in [0.25, 0.3) is 0 Å². The van der Waals surface area contributed by atoms with Gasteiger partial charge in [0.1, 0.15) is 0 Å². The van der Waals surface area contributed by atoms with Crippen LogP contribution >= 0.6 is 0 Å². The predicted octanol–water partition coefficient (Wildman–Crippen LogP) is 2.90. The number of carbonyl (C=O) groups is 1. The molecule has 0 aromatic heterocycles. The summed E-state index contributed by atoms with van der Waals surface area (Å²) < 4.78 is 0. The van der Waals surface area contributed by atoms with Gasteiger partial charge in [0.05, 0.1) is 12.2 Å². The quantitative estimate of drug-likeness (QED) is 0.828. The molecule has 3 atom stereocenters. The number of carbonyl (C=O) groups excluding carboxylic acids is 1. The molecule has 0 aromatic rings. The molecule has 0 spiro atoms. The number of rotatable bonds is 5. The Morgan fingerprint density at radius 1 is 1.26 bits per heavy atom. The standard InChI is InChI=1S/C16H28N2O/c1-3-14(10-12-8-9-12)18-15(13-6-4-5-7-13)17-11(2)16(18)19/h11-15,17H,3-10H2,1-2H3. The van der Waals surface area contributed by atoms with Gasteiger partial charge in [-0.1, -0.05) is 32.6 Å². The first kappa shape index (κ1) is 13.4. The van der Waals surface area contributed by atoms with Gasteiger partial charge in [0, 0.05) is 6.04 Å². The largest absolute Gasteiger partial charge is 0.323 e. The van der Waals surface area contributed by atoms with Gasteiger partial charge in [-0.2, -0.15) is 0 Å². The predicted molar refractivity (Wildman–Crippen MR) is 76.6 cm³/mol. The zero-order chi connectivity index (χ0) is 13.4. The second kappa shape index (κ2) is 5.43. The van der Waals surface area contributed by atoms with E-state index in [-0.39, 0.29) is 6.04 Å². The molecule has 1 saturated heterocycles. The summed E-state index contributed by atoms with van der Waals surface area (Å²) in [4.78, 5) is 14.8. The molecule has 1 N–H and O–H groups in total. The van der Waals surface area contributed by atoms with E-state index in [1.807, 2.05) is 6.92 Å². The van der Waals surface area contributed by atoms with Gasteiger partial charge in [-0.15, -0.1) is 0 Å². The Balaban J connectivity index is 1.74. The first-order valence-electron chi connectivity index (χ1n) is 8.29. The average molecular weight is 264 g/mol. The van der Waals surface area contributed by atoms with Crippen LogP contribution in [0.3, 0.4) is 0 Å². The lowest BCUT2D eigenvalue weighted by atomic mass is 9.99. The van der Waals surface area contributed by atoms with E-state index in [1.165, 1.54) is 44.9 Å². The minimum absolute atomic E-state index is 0.0267. The van der Waals surface area contributed by atoms with Crippen LogP contribution in [0.2, 0.25) is 0 Å². The second-order valence-electron chi connectivity index (χ2n) is 6.86. The van der Waals surface area contributed by atoms with E-state index in [4.69, 9.17) is 0 Å². The van der Waals surface area contributed by atoms with Crippen LogP contribution in [0.15, 0.2) is 0 Å². The summed E-state index contributed by atoms with van der Waals surface area (Å²) in [5, 5.41) is 3.58. The molecular formula is C16H28N2O. The first-order chi connectivity index (χ1) is 9.20. The van der Waals surface area contributed by atoms with Gasteiger partial charge >= 0.3 is 0 Å². The molecule has 2 aliphatic carbocycles. The lowest BCUT2D eigenvalue weighted by molar-refractivity contribution is -0.133. The van der Waals surface area contributed by atoms with Gasteiger partial charge in [0.2, 0.25) is 5.91 Å². The van der Waals surface area contributed by atoms with E-state index in [0.717, 1.165) is 12.3 Å². The van der Waals surface area contributed by atoms with Crippen LogP contribution in [-0.2, 0) is 4.79 Å². The molecule has 3 unspecified atom stereocenters. The van der Waals surface area contributed by atoms with Gasteiger partial charge in [-0.05, 0) is 44.4 Å². The van der Waals surface area contributed by atoms with Crippen LogP contribution in [0.5, 0.6) is 0 Å². The van der Waals surface area contributed by atoms with Crippen molar-refractivity contribution in [1.29, 1.82) is 0 Å². The van der Waals surface area contributed by atoms with Crippen molar-refractivity contribution in [3.63, 3.8) is 0 Å². The molecule has 0 aromatic carbocycles. The van der Waals surface area contributed by atoms with E-state index in [2.05, 4.69) is 17.1 Å². The van der Waals surface area contributed by atoms with Crippen molar-refractivity contribution >= 4 is 5.91 Å². The first-order valence-corrected chi connectivity index (χ1v) is 8.29. The summed E-state index contributed by atoms with van der Waals surface area (Å²) in [6.07, 6.45) is 10.7. The normalized spacial score (nSPS) is 34.2. The van der Waals surface area contributed by atoms with Crippen molar-refractivity contribution < 1.29 is 4.79 Å². The van der Waals surface area contributed by atoms with E-state index in [1.54, 1.807) is 0 Å². The molecule has 3 heteroatoms. The molecule has 0 bridgehead atoms. The maximum Gasteiger partial charge on any atom is 0.240 e. The third kappa shape index (κ3) is 2.67. The Morgan fingerprint density at radius 3 is 2.53 bits per heavy atom. The SMILES string of the molecule is CCC(CC1CC1)N1C(=O)C(C)NC1C1CCCC1. The minimum atomic E-state index is 0.0267. The third-order valence-corrected chi connectivity index (χ3v) is 5.36. The van der Waals surface area contributed by atoms with Crippen LogP contribution < -0.4 is 5.32 Å². The van der Waals surface area contributed by atoms with Crippen molar-refractivity contribution in [2.75, 3.05) is 0 Å². The van der Waals surface area contributed by atoms with E-state index < -0.39 is 0 Å². The number of hydrogen-bond donors (Lipinski definition) is 1. The fraction of sp³-hybridized carbons (Fsp3) is 0.938. The Labute approximate surface area is 117 Å². The number of hydrogen-bond acceptors (Lipinski definition) is 2. The van der Waals surface area contributed by atoms with Gasteiger partial charge < -0.3 is 4.90 Å². The molecule has 19 heavy (non-hydrogen) atoms. The highest BCUT2D eigenvalue weighted by molar-refractivity contribution is 5.84. The Kier molecular flexibility index (Phi) is 3.84. The molecule has 3 fully saturated rings. The highest BCUT2D eigenvalue weighted by atomic mass is 16.2. The van der Waals surface area contributed by atoms with Gasteiger partial charge in [-0.3, -0.25) is 10.1 Å². The van der Waals surface area contributed by atoms with Crippen molar-refractivity contribution in [3.05, 3.63) is 0 Å². The molecular weight excluding hydrogens is 236 g/mol. The Hall–Kier alpha value is -0.570. The zero-order valence-electron chi connectivity index (χ0n) is 12.4. The molecule has 0 radical (unpaired) electrons. The smallest absolute Gasteiger partial charge is 0.240 e. The monoisotopic (exact) mass is 264 g/mol. The van der Waals surface area contributed by atoms with Crippen LogP contribution in [-0.4, -0.2) is 29.1 Å². The summed E-state index contributed by atoms with van der Waals surface area (Å²) in [6, 6.07) is 0.502. The number of nitrogens with zero attached hydrogens (tertiary/aromatic N) is 1. The van der Waals surface area contributed by atoms with Crippen LogP contribution in [0.1, 0.15) is 65.2 Å². The Morgan fingerprint density at radius 2 is 1.95 bits per heavy atom. The summed E-state index contributed by atoms with van der Waals surface area (Å²) in [5.74, 6) is 1.95. The molecule has 3 aliphatic rings. The van der Waals surface area contributed by atoms with E-state index in [9.17, 15) is 4.79 Å². The van der Waals surface area contributed by atoms with Crippen molar-refractivity contribution in [2.45, 2.75) is 83.5 Å². The van der Waals surface area contributed by atoms with Gasteiger partial charge in [-0.25, -0.2) is 0 Å². The third-order valence-electron chi connectivity index (χ3n) is 5.36. The molecule has 1 aliphatic heterocycles. The van der Waals surface area contributed by atoms with Crippen molar-refractivity contribution in [3.8, 4) is 0 Å². The van der Waals surface area contributed by atoms with Gasteiger partial charge in [0.25, 0.3) is 0 Å². The summed E-state index contributed by atoms with van der Waals surface area (Å²) in [7, 11) is 0. The van der Waals surface area contributed by atoms with Crippen molar-refractivity contribution in [2.24, 2.45) is 11.8 Å². The van der Waals surface area contributed by atoms with Gasteiger partial charge in [0.15, 0.2) is 0 Å². The van der Waals surface area contributed by atoms with Crippen molar-refractivity contribution in [1.82, 2.24) is 10.2 Å². The minimum Gasteiger partial charge on any atom is -0.323 e. The zero-order valence-corrected chi connectivity index (χ0v) is 12.4. The van der Waals surface area contributed by atoms with E-state index in [0.29, 0.717) is 24.0 Å². The maximum atomic E-state index is 12.5. The second-order valence-corrected chi connectivity index (χ2v) is 6.86. The lowest BCUT2D eigenvalue weighted by Crippen LogP contribution is -2.48.